The van der Waals surface area contributed by atoms with E-state index in [1.807, 2.05) is 11.6 Å². The fourth-order valence-corrected chi connectivity index (χ4v) is 2.08. The SMILES string of the molecule is CN1CC(n2cnnc2CCl)CCC1=O. The van der Waals surface area contributed by atoms with Crippen LogP contribution in [0.15, 0.2) is 6.33 Å². The first-order valence-electron chi connectivity index (χ1n) is 4.90. The van der Waals surface area contributed by atoms with Gasteiger partial charge in [0.15, 0.2) is 0 Å². The second kappa shape index (κ2) is 4.18. The lowest BCUT2D eigenvalue weighted by Crippen LogP contribution is -2.38. The molecule has 82 valence electrons. The van der Waals surface area contributed by atoms with Crippen LogP contribution in [0.1, 0.15) is 24.7 Å². The summed E-state index contributed by atoms with van der Waals surface area (Å²) in [5.74, 6) is 1.32. The van der Waals surface area contributed by atoms with Crippen LogP contribution in [0.3, 0.4) is 0 Å². The Kier molecular flexibility index (Phi) is 2.90. The number of amides is 1. The van der Waals surface area contributed by atoms with E-state index in [0.717, 1.165) is 12.2 Å². The number of likely N-dealkylation sites (N-methyl/N-ethyl adjacent to an activating group) is 1. The average molecular weight is 229 g/mol. The summed E-state index contributed by atoms with van der Waals surface area (Å²) in [5, 5.41) is 7.77. The third kappa shape index (κ3) is 1.97. The van der Waals surface area contributed by atoms with Gasteiger partial charge in [-0.25, -0.2) is 0 Å². The molecule has 2 rings (SSSR count). The number of piperidine rings is 1. The lowest BCUT2D eigenvalue weighted by molar-refractivity contribution is -0.132. The molecule has 1 aromatic rings. The number of carbonyl (C=O) groups is 1. The van der Waals surface area contributed by atoms with Crippen LogP contribution in [0.2, 0.25) is 0 Å². The largest absolute Gasteiger partial charge is 0.344 e. The number of carbonyl (C=O) groups excluding carboxylic acids is 1. The van der Waals surface area contributed by atoms with Crippen LogP contribution in [0.5, 0.6) is 0 Å². The molecule has 1 unspecified atom stereocenters. The Bertz CT molecular complexity index is 365. The van der Waals surface area contributed by atoms with Gasteiger partial charge in [0.05, 0.1) is 11.9 Å². The van der Waals surface area contributed by atoms with Crippen molar-refractivity contribution in [3.05, 3.63) is 12.2 Å². The van der Waals surface area contributed by atoms with E-state index in [0.29, 0.717) is 18.8 Å². The van der Waals surface area contributed by atoms with Crippen molar-refractivity contribution in [3.8, 4) is 0 Å². The maximum absolute atomic E-state index is 11.3. The van der Waals surface area contributed by atoms with E-state index in [1.165, 1.54) is 0 Å². The smallest absolute Gasteiger partial charge is 0.222 e. The van der Waals surface area contributed by atoms with E-state index >= 15 is 0 Å². The number of hydrogen-bond donors (Lipinski definition) is 0. The zero-order chi connectivity index (χ0) is 10.8. The molecule has 1 atom stereocenters. The molecule has 1 amide bonds. The Balaban J connectivity index is 2.15. The van der Waals surface area contributed by atoms with Gasteiger partial charge in [0.2, 0.25) is 5.91 Å². The molecule has 1 aliphatic heterocycles. The summed E-state index contributed by atoms with van der Waals surface area (Å²) < 4.78 is 1.97. The number of halogens is 1. The minimum atomic E-state index is 0.201. The molecule has 0 saturated carbocycles. The first-order chi connectivity index (χ1) is 7.22. The van der Waals surface area contributed by atoms with E-state index < -0.39 is 0 Å². The molecule has 0 aromatic carbocycles. The second-order valence-electron chi connectivity index (χ2n) is 3.75. The molecule has 1 aromatic heterocycles. The molecule has 0 aliphatic carbocycles. The van der Waals surface area contributed by atoms with Crippen LogP contribution in [-0.4, -0.2) is 39.2 Å². The number of hydrogen-bond acceptors (Lipinski definition) is 3. The third-order valence-corrected chi connectivity index (χ3v) is 3.00. The summed E-state index contributed by atoms with van der Waals surface area (Å²) in [5.41, 5.74) is 0. The molecule has 1 fully saturated rings. The molecule has 0 bridgehead atoms. The van der Waals surface area contributed by atoms with Gasteiger partial charge < -0.3 is 9.47 Å². The molecule has 0 spiro atoms. The van der Waals surface area contributed by atoms with Crippen molar-refractivity contribution in [2.24, 2.45) is 0 Å². The lowest BCUT2D eigenvalue weighted by Gasteiger charge is -2.30. The summed E-state index contributed by atoms with van der Waals surface area (Å²) in [6, 6.07) is 0.261. The minimum Gasteiger partial charge on any atom is -0.344 e. The average Bonchev–Trinajstić information content (AvgIpc) is 2.70. The molecule has 5 nitrogen and oxygen atoms in total. The van der Waals surface area contributed by atoms with Crippen molar-refractivity contribution in [1.82, 2.24) is 19.7 Å². The maximum atomic E-state index is 11.3. The Morgan fingerprint density at radius 1 is 1.67 bits per heavy atom. The van der Waals surface area contributed by atoms with Gasteiger partial charge in [-0.3, -0.25) is 4.79 Å². The predicted octanol–water partition coefficient (Wildman–Crippen LogP) is 0.810. The van der Waals surface area contributed by atoms with Crippen LogP contribution in [-0.2, 0) is 10.7 Å². The Hall–Kier alpha value is -1.10. The molecule has 15 heavy (non-hydrogen) atoms. The van der Waals surface area contributed by atoms with Crippen molar-refractivity contribution in [3.63, 3.8) is 0 Å². The summed E-state index contributed by atoms with van der Waals surface area (Å²) in [4.78, 5) is 13.1. The normalized spacial score (nSPS) is 22.1. The number of aromatic nitrogens is 3. The maximum Gasteiger partial charge on any atom is 0.222 e. The van der Waals surface area contributed by atoms with E-state index in [1.54, 1.807) is 11.2 Å². The quantitative estimate of drug-likeness (QED) is 0.704. The van der Waals surface area contributed by atoms with Gasteiger partial charge in [-0.05, 0) is 6.42 Å². The van der Waals surface area contributed by atoms with Gasteiger partial charge in [0, 0.05) is 20.0 Å². The first-order valence-corrected chi connectivity index (χ1v) is 5.44. The molecule has 2 heterocycles. The van der Waals surface area contributed by atoms with Crippen LogP contribution >= 0.6 is 11.6 Å². The van der Waals surface area contributed by atoms with Gasteiger partial charge in [-0.2, -0.15) is 0 Å². The van der Waals surface area contributed by atoms with E-state index in [4.69, 9.17) is 11.6 Å². The van der Waals surface area contributed by atoms with E-state index in [9.17, 15) is 4.79 Å². The summed E-state index contributed by atoms with van der Waals surface area (Å²) in [7, 11) is 1.82. The molecule has 1 aliphatic rings. The fourth-order valence-electron chi connectivity index (χ4n) is 1.88. The summed E-state index contributed by atoms with van der Waals surface area (Å²) in [6.45, 7) is 0.709. The first kappa shape index (κ1) is 10.4. The zero-order valence-electron chi connectivity index (χ0n) is 8.56. The number of likely N-dealkylation sites (tertiary alicyclic amines) is 1. The third-order valence-electron chi connectivity index (χ3n) is 2.76. The standard InChI is InChI=1S/C9H13ClN4O/c1-13-5-7(2-3-9(13)15)14-6-11-12-8(14)4-10/h6-7H,2-5H2,1H3. The number of rotatable bonds is 2. The highest BCUT2D eigenvalue weighted by molar-refractivity contribution is 6.16. The van der Waals surface area contributed by atoms with Crippen molar-refractivity contribution in [2.45, 2.75) is 24.8 Å². The zero-order valence-corrected chi connectivity index (χ0v) is 9.31. The molecule has 1 saturated heterocycles. The number of nitrogens with zero attached hydrogens (tertiary/aromatic N) is 4. The summed E-state index contributed by atoms with van der Waals surface area (Å²) >= 11 is 5.75. The van der Waals surface area contributed by atoms with Gasteiger partial charge in [0.1, 0.15) is 12.2 Å². The van der Waals surface area contributed by atoms with Crippen LogP contribution in [0.4, 0.5) is 0 Å². The van der Waals surface area contributed by atoms with E-state index in [-0.39, 0.29) is 11.9 Å². The van der Waals surface area contributed by atoms with Crippen molar-refractivity contribution in [1.29, 1.82) is 0 Å². The van der Waals surface area contributed by atoms with Crippen LogP contribution in [0, 0.1) is 0 Å². The van der Waals surface area contributed by atoms with Crippen LogP contribution in [0.25, 0.3) is 0 Å². The van der Waals surface area contributed by atoms with Crippen molar-refractivity contribution in [2.75, 3.05) is 13.6 Å². The van der Waals surface area contributed by atoms with Gasteiger partial charge in [-0.1, -0.05) is 0 Å². The van der Waals surface area contributed by atoms with E-state index in [2.05, 4.69) is 10.2 Å². The van der Waals surface area contributed by atoms with Crippen molar-refractivity contribution >= 4 is 17.5 Å². The highest BCUT2D eigenvalue weighted by Gasteiger charge is 2.25. The summed E-state index contributed by atoms with van der Waals surface area (Å²) in [6.07, 6.45) is 3.11. The predicted molar refractivity (Wildman–Crippen MR) is 55.5 cm³/mol. The van der Waals surface area contributed by atoms with Crippen LogP contribution < -0.4 is 0 Å². The molecular formula is C9H13ClN4O. The monoisotopic (exact) mass is 228 g/mol. The second-order valence-corrected chi connectivity index (χ2v) is 4.02. The molecule has 0 N–H and O–H groups in total. The van der Waals surface area contributed by atoms with Gasteiger partial charge in [-0.15, -0.1) is 21.8 Å². The molecule has 0 radical (unpaired) electrons. The fraction of sp³-hybridized carbons (Fsp3) is 0.667. The van der Waals surface area contributed by atoms with Gasteiger partial charge >= 0.3 is 0 Å². The highest BCUT2D eigenvalue weighted by atomic mass is 35.5. The van der Waals surface area contributed by atoms with Crippen molar-refractivity contribution < 1.29 is 4.79 Å². The minimum absolute atomic E-state index is 0.201. The Labute approximate surface area is 93.0 Å². The lowest BCUT2D eigenvalue weighted by atomic mass is 10.1. The Morgan fingerprint density at radius 2 is 2.47 bits per heavy atom. The highest BCUT2D eigenvalue weighted by Crippen LogP contribution is 2.22. The Morgan fingerprint density at radius 3 is 3.13 bits per heavy atom. The molecular weight excluding hydrogens is 216 g/mol. The number of alkyl halides is 1. The van der Waals surface area contributed by atoms with Gasteiger partial charge in [0.25, 0.3) is 0 Å². The molecule has 6 heteroatoms. The topological polar surface area (TPSA) is 51.0 Å².